The average Bonchev–Trinajstić information content (AvgIpc) is 2.34. The van der Waals surface area contributed by atoms with Crippen molar-refractivity contribution in [1.82, 2.24) is 4.98 Å². The molecule has 0 aliphatic heterocycles. The Kier molecular flexibility index (Phi) is 3.74. The minimum atomic E-state index is -0.988. The molecular weight excluding hydrogens is 254 g/mol. The number of carbonyl (C=O) groups is 1. The van der Waals surface area contributed by atoms with Gasteiger partial charge in [-0.3, -0.25) is 0 Å². The number of carboxylic acids is 1. The summed E-state index contributed by atoms with van der Waals surface area (Å²) in [7, 11) is 0. The molecule has 0 saturated heterocycles. The summed E-state index contributed by atoms with van der Waals surface area (Å²) >= 11 is 0. The molecule has 4 heteroatoms. The van der Waals surface area contributed by atoms with Crippen LogP contribution in [0.1, 0.15) is 32.7 Å². The minimum Gasteiger partial charge on any atom is -0.478 e. The second kappa shape index (κ2) is 5.33. The fourth-order valence-electron chi connectivity index (χ4n) is 2.03. The third-order valence-electron chi connectivity index (χ3n) is 3.16. The maximum absolute atomic E-state index is 11.0. The Labute approximate surface area is 118 Å². The molecule has 0 saturated carbocycles. The second-order valence-corrected chi connectivity index (χ2v) is 4.95. The lowest BCUT2D eigenvalue weighted by Gasteiger charge is -2.12. The molecule has 2 rings (SSSR count). The summed E-state index contributed by atoms with van der Waals surface area (Å²) in [6, 6.07) is 6.96. The lowest BCUT2D eigenvalue weighted by molar-refractivity contribution is 0.0696. The largest absolute Gasteiger partial charge is 0.478 e. The Morgan fingerprint density at radius 1 is 1.10 bits per heavy atom. The minimum absolute atomic E-state index is 0.175. The topological polar surface area (TPSA) is 59.4 Å². The van der Waals surface area contributed by atoms with Crippen LogP contribution in [0, 0.1) is 27.7 Å². The van der Waals surface area contributed by atoms with Crippen molar-refractivity contribution in [2.75, 3.05) is 0 Å². The molecule has 2 aromatic rings. The molecule has 0 radical (unpaired) electrons. The van der Waals surface area contributed by atoms with E-state index in [-0.39, 0.29) is 5.56 Å². The Morgan fingerprint density at radius 2 is 1.80 bits per heavy atom. The highest BCUT2D eigenvalue weighted by Gasteiger charge is 2.10. The van der Waals surface area contributed by atoms with Gasteiger partial charge in [-0.1, -0.05) is 6.07 Å². The Morgan fingerprint density at radius 3 is 2.45 bits per heavy atom. The van der Waals surface area contributed by atoms with Crippen molar-refractivity contribution < 1.29 is 14.6 Å². The van der Waals surface area contributed by atoms with Crippen LogP contribution in [0.5, 0.6) is 11.6 Å². The van der Waals surface area contributed by atoms with Gasteiger partial charge in [-0.15, -0.1) is 0 Å². The summed E-state index contributed by atoms with van der Waals surface area (Å²) in [5.74, 6) is 0.0185. The van der Waals surface area contributed by atoms with Crippen LogP contribution in [-0.2, 0) is 0 Å². The number of carboxylic acid groups (broad SMARTS) is 1. The standard InChI is InChI=1S/C16H17NO3/c1-9-5-10(2)12(4)14(6-9)20-15-8-13(16(18)19)7-11(3)17-15/h5-8H,1-4H3,(H,18,19). The van der Waals surface area contributed by atoms with Gasteiger partial charge in [0.1, 0.15) is 5.75 Å². The van der Waals surface area contributed by atoms with E-state index in [1.807, 2.05) is 26.8 Å². The van der Waals surface area contributed by atoms with Crippen LogP contribution >= 0.6 is 0 Å². The van der Waals surface area contributed by atoms with Crippen LogP contribution in [0.3, 0.4) is 0 Å². The zero-order valence-corrected chi connectivity index (χ0v) is 12.0. The molecule has 4 nitrogen and oxygen atoms in total. The molecule has 1 heterocycles. The third-order valence-corrected chi connectivity index (χ3v) is 3.16. The van der Waals surface area contributed by atoms with Crippen LogP contribution < -0.4 is 4.74 Å². The van der Waals surface area contributed by atoms with Crippen LogP contribution in [0.15, 0.2) is 24.3 Å². The number of hydrogen-bond acceptors (Lipinski definition) is 3. The Balaban J connectivity index is 2.42. The van der Waals surface area contributed by atoms with Gasteiger partial charge in [-0.2, -0.15) is 0 Å². The summed E-state index contributed by atoms with van der Waals surface area (Å²) in [5, 5.41) is 9.06. The number of aryl methyl sites for hydroxylation is 3. The van der Waals surface area contributed by atoms with Crippen molar-refractivity contribution in [3.05, 3.63) is 52.2 Å². The molecule has 0 spiro atoms. The highest BCUT2D eigenvalue weighted by atomic mass is 16.5. The maximum atomic E-state index is 11.0. The molecule has 1 aromatic heterocycles. The molecule has 0 unspecified atom stereocenters. The number of pyridine rings is 1. The van der Waals surface area contributed by atoms with E-state index < -0.39 is 5.97 Å². The van der Waals surface area contributed by atoms with Gasteiger partial charge in [0.2, 0.25) is 5.88 Å². The molecule has 0 bridgehead atoms. The summed E-state index contributed by atoms with van der Waals surface area (Å²) in [5.41, 5.74) is 4.03. The maximum Gasteiger partial charge on any atom is 0.335 e. The monoisotopic (exact) mass is 271 g/mol. The molecule has 1 aromatic carbocycles. The number of aromatic carboxylic acids is 1. The van der Waals surface area contributed by atoms with E-state index in [1.165, 1.54) is 12.1 Å². The highest BCUT2D eigenvalue weighted by Crippen LogP contribution is 2.28. The van der Waals surface area contributed by atoms with Crippen molar-refractivity contribution in [3.63, 3.8) is 0 Å². The molecule has 0 atom stereocenters. The van der Waals surface area contributed by atoms with E-state index in [1.54, 1.807) is 6.92 Å². The van der Waals surface area contributed by atoms with Gasteiger partial charge >= 0.3 is 5.97 Å². The number of nitrogens with zero attached hydrogens (tertiary/aromatic N) is 1. The molecule has 20 heavy (non-hydrogen) atoms. The van der Waals surface area contributed by atoms with Gasteiger partial charge in [0.05, 0.1) is 5.56 Å². The molecule has 1 N–H and O–H groups in total. The first-order valence-electron chi connectivity index (χ1n) is 6.34. The molecule has 0 amide bonds. The fourth-order valence-corrected chi connectivity index (χ4v) is 2.03. The average molecular weight is 271 g/mol. The van der Waals surface area contributed by atoms with Crippen molar-refractivity contribution in [3.8, 4) is 11.6 Å². The van der Waals surface area contributed by atoms with Gasteiger partial charge in [-0.05, 0) is 56.5 Å². The highest BCUT2D eigenvalue weighted by molar-refractivity contribution is 5.88. The molecule has 0 aliphatic rings. The van der Waals surface area contributed by atoms with Crippen molar-refractivity contribution >= 4 is 5.97 Å². The molecule has 0 aliphatic carbocycles. The smallest absolute Gasteiger partial charge is 0.335 e. The third kappa shape index (κ3) is 2.96. The Bertz CT molecular complexity index is 678. The second-order valence-electron chi connectivity index (χ2n) is 4.95. The predicted molar refractivity (Wildman–Crippen MR) is 76.7 cm³/mol. The quantitative estimate of drug-likeness (QED) is 0.922. The van der Waals surface area contributed by atoms with E-state index in [0.29, 0.717) is 17.3 Å². The van der Waals surface area contributed by atoms with Gasteiger partial charge in [0.25, 0.3) is 0 Å². The first kappa shape index (κ1) is 14.1. The molecule has 104 valence electrons. The first-order valence-corrected chi connectivity index (χ1v) is 6.34. The summed E-state index contributed by atoms with van der Waals surface area (Å²) in [4.78, 5) is 15.3. The van der Waals surface area contributed by atoms with E-state index in [2.05, 4.69) is 11.1 Å². The molecular formula is C16H17NO3. The van der Waals surface area contributed by atoms with Gasteiger partial charge in [0.15, 0.2) is 0 Å². The van der Waals surface area contributed by atoms with Crippen LogP contribution in [0.2, 0.25) is 0 Å². The summed E-state index contributed by atoms with van der Waals surface area (Å²) in [6.07, 6.45) is 0. The number of benzene rings is 1. The first-order chi connectivity index (χ1) is 9.36. The predicted octanol–water partition coefficient (Wildman–Crippen LogP) is 3.81. The van der Waals surface area contributed by atoms with E-state index >= 15 is 0 Å². The van der Waals surface area contributed by atoms with Crippen LogP contribution in [-0.4, -0.2) is 16.1 Å². The van der Waals surface area contributed by atoms with Gasteiger partial charge in [0, 0.05) is 11.8 Å². The van der Waals surface area contributed by atoms with Crippen LogP contribution in [0.25, 0.3) is 0 Å². The number of rotatable bonds is 3. The van der Waals surface area contributed by atoms with E-state index in [4.69, 9.17) is 9.84 Å². The van der Waals surface area contributed by atoms with Crippen molar-refractivity contribution in [2.24, 2.45) is 0 Å². The summed E-state index contributed by atoms with van der Waals surface area (Å²) < 4.78 is 5.77. The SMILES string of the molecule is Cc1cc(C)c(C)c(Oc2cc(C(=O)O)cc(C)n2)c1. The van der Waals surface area contributed by atoms with Crippen LogP contribution in [0.4, 0.5) is 0 Å². The van der Waals surface area contributed by atoms with Gasteiger partial charge in [-0.25, -0.2) is 9.78 Å². The lowest BCUT2D eigenvalue weighted by Crippen LogP contribution is -2.00. The normalized spacial score (nSPS) is 10.4. The summed E-state index contributed by atoms with van der Waals surface area (Å²) in [6.45, 7) is 7.72. The van der Waals surface area contributed by atoms with Crippen molar-refractivity contribution in [1.29, 1.82) is 0 Å². The lowest BCUT2D eigenvalue weighted by atomic mass is 10.1. The fraction of sp³-hybridized carbons (Fsp3) is 0.250. The number of aromatic nitrogens is 1. The van der Waals surface area contributed by atoms with Crippen molar-refractivity contribution in [2.45, 2.75) is 27.7 Å². The number of ether oxygens (including phenoxy) is 1. The van der Waals surface area contributed by atoms with Gasteiger partial charge < -0.3 is 9.84 Å². The van der Waals surface area contributed by atoms with E-state index in [9.17, 15) is 4.79 Å². The van der Waals surface area contributed by atoms with E-state index in [0.717, 1.165) is 16.7 Å². The zero-order chi connectivity index (χ0) is 14.9. The number of hydrogen-bond donors (Lipinski definition) is 1. The zero-order valence-electron chi connectivity index (χ0n) is 12.0. The molecule has 0 fully saturated rings. The Hall–Kier alpha value is -2.36.